The molecule has 6 heteroatoms. The number of alkyl halides is 1. The Morgan fingerprint density at radius 2 is 2.15 bits per heavy atom. The molecule has 0 bridgehead atoms. The van der Waals surface area contributed by atoms with Crippen LogP contribution in [0.4, 0.5) is 5.95 Å². The van der Waals surface area contributed by atoms with Crippen LogP contribution in [0.25, 0.3) is 0 Å². The van der Waals surface area contributed by atoms with Gasteiger partial charge >= 0.3 is 0 Å². The van der Waals surface area contributed by atoms with Crippen LogP contribution in [0.2, 0.25) is 0 Å². The molecule has 0 aromatic carbocycles. The molecule has 0 aliphatic rings. The molecule has 0 aliphatic carbocycles. The third kappa shape index (κ3) is 2.30. The summed E-state index contributed by atoms with van der Waals surface area (Å²) in [6.45, 7) is 5.93. The Labute approximate surface area is 82.5 Å². The summed E-state index contributed by atoms with van der Waals surface area (Å²) >= 11 is 6.00. The van der Waals surface area contributed by atoms with E-state index in [0.29, 0.717) is 5.95 Å². The van der Waals surface area contributed by atoms with Crippen molar-refractivity contribution in [2.75, 3.05) is 5.32 Å². The molecule has 0 radical (unpaired) electrons. The number of nitrogens with zero attached hydrogens (tertiary/aromatic N) is 4. The van der Waals surface area contributed by atoms with Gasteiger partial charge in [0.15, 0.2) is 0 Å². The molecule has 0 spiro atoms. The van der Waals surface area contributed by atoms with Crippen molar-refractivity contribution in [3.05, 3.63) is 0 Å². The summed E-state index contributed by atoms with van der Waals surface area (Å²) in [6.07, 6.45) is 0. The number of hydrogen-bond acceptors (Lipinski definition) is 4. The van der Waals surface area contributed by atoms with Gasteiger partial charge in [0.1, 0.15) is 0 Å². The molecular weight excluding hydrogens is 190 g/mol. The lowest BCUT2D eigenvalue weighted by atomic mass is 10.0. The molecule has 0 amide bonds. The summed E-state index contributed by atoms with van der Waals surface area (Å²) in [6, 6.07) is 0. The molecule has 74 valence electrons. The fraction of sp³-hybridized carbons (Fsp3) is 0.857. The minimum Gasteiger partial charge on any atom is -0.347 e. The number of aryl methyl sites for hydroxylation is 1. The molecule has 1 N–H and O–H groups in total. The molecule has 0 fully saturated rings. The van der Waals surface area contributed by atoms with Crippen molar-refractivity contribution in [1.29, 1.82) is 0 Å². The van der Waals surface area contributed by atoms with E-state index >= 15 is 0 Å². The quantitative estimate of drug-likeness (QED) is 0.746. The normalized spacial score (nSPS) is 14.2. The zero-order valence-electron chi connectivity index (χ0n) is 8.24. The van der Waals surface area contributed by atoms with Crippen LogP contribution in [0.1, 0.15) is 20.8 Å². The lowest BCUT2D eigenvalue weighted by molar-refractivity contribution is 0.543. The van der Waals surface area contributed by atoms with E-state index in [1.165, 1.54) is 0 Å². The zero-order chi connectivity index (χ0) is 10.1. The predicted molar refractivity (Wildman–Crippen MR) is 51.8 cm³/mol. The van der Waals surface area contributed by atoms with Crippen molar-refractivity contribution in [2.24, 2.45) is 7.05 Å². The molecule has 5 nitrogen and oxygen atoms in total. The van der Waals surface area contributed by atoms with Crippen molar-refractivity contribution in [2.45, 2.75) is 31.7 Å². The first-order chi connectivity index (χ1) is 5.93. The summed E-state index contributed by atoms with van der Waals surface area (Å²) in [5.74, 6) is 0.623. The average Bonchev–Trinajstić information content (AvgIpc) is 2.35. The maximum Gasteiger partial charge on any atom is 0.243 e. The van der Waals surface area contributed by atoms with Gasteiger partial charge in [-0.15, -0.1) is 11.6 Å². The highest BCUT2D eigenvalue weighted by atomic mass is 35.5. The van der Waals surface area contributed by atoms with Crippen molar-refractivity contribution < 1.29 is 0 Å². The fourth-order valence-corrected chi connectivity index (χ4v) is 0.778. The van der Waals surface area contributed by atoms with Gasteiger partial charge in [0.05, 0.1) is 10.9 Å². The van der Waals surface area contributed by atoms with Gasteiger partial charge in [-0.05, 0) is 31.2 Å². The smallest absolute Gasteiger partial charge is 0.243 e. The maximum atomic E-state index is 6.00. The Bertz CT molecular complexity index is 280. The number of rotatable bonds is 3. The standard InChI is InChI=1S/C7H14ClN5/c1-5(8)7(2,3)9-6-10-11-12-13(6)4/h5H,1-4H3,(H,9,10,12). The molecule has 0 saturated heterocycles. The van der Waals surface area contributed by atoms with Crippen LogP contribution in [0, 0.1) is 0 Å². The molecule has 1 aromatic heterocycles. The molecule has 1 rings (SSSR count). The first-order valence-corrected chi connectivity index (χ1v) is 4.52. The average molecular weight is 204 g/mol. The fourth-order valence-electron chi connectivity index (χ4n) is 0.723. The van der Waals surface area contributed by atoms with E-state index in [-0.39, 0.29) is 10.9 Å². The van der Waals surface area contributed by atoms with E-state index < -0.39 is 0 Å². The van der Waals surface area contributed by atoms with Gasteiger partial charge in [0.25, 0.3) is 0 Å². The van der Waals surface area contributed by atoms with Gasteiger partial charge in [-0.1, -0.05) is 5.10 Å². The van der Waals surface area contributed by atoms with Crippen LogP contribution in [0.5, 0.6) is 0 Å². The first-order valence-electron chi connectivity index (χ1n) is 4.08. The van der Waals surface area contributed by atoms with E-state index in [0.717, 1.165) is 0 Å². The highest BCUT2D eigenvalue weighted by molar-refractivity contribution is 6.21. The van der Waals surface area contributed by atoms with Crippen molar-refractivity contribution >= 4 is 17.5 Å². The summed E-state index contributed by atoms with van der Waals surface area (Å²) in [4.78, 5) is 0. The first kappa shape index (κ1) is 10.2. The van der Waals surface area contributed by atoms with Crippen molar-refractivity contribution in [1.82, 2.24) is 20.2 Å². The SMILES string of the molecule is CC(Cl)C(C)(C)Nc1nnnn1C. The van der Waals surface area contributed by atoms with E-state index in [1.54, 1.807) is 11.7 Å². The van der Waals surface area contributed by atoms with Crippen LogP contribution < -0.4 is 5.32 Å². The van der Waals surface area contributed by atoms with Gasteiger partial charge in [-0.2, -0.15) is 0 Å². The summed E-state index contributed by atoms with van der Waals surface area (Å²) < 4.78 is 1.57. The zero-order valence-corrected chi connectivity index (χ0v) is 9.00. The van der Waals surface area contributed by atoms with Crippen molar-refractivity contribution in [3.63, 3.8) is 0 Å². The minimum atomic E-state index is -0.232. The van der Waals surface area contributed by atoms with Gasteiger partial charge in [0, 0.05) is 7.05 Å². The Kier molecular flexibility index (Phi) is 2.75. The lowest BCUT2D eigenvalue weighted by Gasteiger charge is -2.28. The number of hydrogen-bond donors (Lipinski definition) is 1. The van der Waals surface area contributed by atoms with Crippen LogP contribution in [-0.4, -0.2) is 31.1 Å². The Hall–Kier alpha value is -0.840. The van der Waals surface area contributed by atoms with Crippen LogP contribution in [0.3, 0.4) is 0 Å². The summed E-state index contributed by atoms with van der Waals surface area (Å²) in [5.41, 5.74) is -0.232. The van der Waals surface area contributed by atoms with Crippen LogP contribution in [0.15, 0.2) is 0 Å². The lowest BCUT2D eigenvalue weighted by Crippen LogP contribution is -2.39. The molecule has 13 heavy (non-hydrogen) atoms. The Morgan fingerprint density at radius 3 is 2.54 bits per heavy atom. The molecule has 1 atom stereocenters. The third-order valence-corrected chi connectivity index (χ3v) is 2.59. The van der Waals surface area contributed by atoms with E-state index in [1.807, 2.05) is 20.8 Å². The minimum absolute atomic E-state index is 0.0100. The molecule has 1 aromatic rings. The second-order valence-corrected chi connectivity index (χ2v) is 4.24. The monoisotopic (exact) mass is 203 g/mol. The maximum absolute atomic E-state index is 6.00. The van der Waals surface area contributed by atoms with E-state index in [4.69, 9.17) is 11.6 Å². The van der Waals surface area contributed by atoms with Crippen LogP contribution >= 0.6 is 11.6 Å². The predicted octanol–water partition coefficient (Wildman–Crippen LogP) is 1.03. The van der Waals surface area contributed by atoms with E-state index in [2.05, 4.69) is 20.8 Å². The summed E-state index contributed by atoms with van der Waals surface area (Å²) in [7, 11) is 1.78. The molecule has 1 unspecified atom stereocenters. The largest absolute Gasteiger partial charge is 0.347 e. The van der Waals surface area contributed by atoms with Gasteiger partial charge in [0.2, 0.25) is 5.95 Å². The highest BCUT2D eigenvalue weighted by Gasteiger charge is 2.25. The van der Waals surface area contributed by atoms with E-state index in [9.17, 15) is 0 Å². The number of nitrogens with one attached hydrogen (secondary N) is 1. The number of anilines is 1. The molecule has 0 saturated carbocycles. The van der Waals surface area contributed by atoms with Gasteiger partial charge < -0.3 is 5.32 Å². The van der Waals surface area contributed by atoms with Gasteiger partial charge in [-0.3, -0.25) is 0 Å². The van der Waals surface area contributed by atoms with Crippen molar-refractivity contribution in [3.8, 4) is 0 Å². The second kappa shape index (κ2) is 3.49. The second-order valence-electron chi connectivity index (χ2n) is 3.59. The number of aromatic nitrogens is 4. The van der Waals surface area contributed by atoms with Crippen LogP contribution in [-0.2, 0) is 7.05 Å². The number of tetrazole rings is 1. The highest BCUT2D eigenvalue weighted by Crippen LogP contribution is 2.19. The molecule has 0 aliphatic heterocycles. The number of halogens is 1. The molecule has 1 heterocycles. The topological polar surface area (TPSA) is 55.6 Å². The third-order valence-electron chi connectivity index (χ3n) is 2.05. The molecular formula is C7H14ClN5. The Morgan fingerprint density at radius 1 is 1.54 bits per heavy atom. The summed E-state index contributed by atoms with van der Waals surface area (Å²) in [5, 5.41) is 14.2. The Balaban J connectivity index is 2.74. The van der Waals surface area contributed by atoms with Gasteiger partial charge in [-0.25, -0.2) is 4.68 Å².